The smallest absolute Gasteiger partial charge is 0.128 e. The predicted molar refractivity (Wildman–Crippen MR) is 65.6 cm³/mol. The van der Waals surface area contributed by atoms with Gasteiger partial charge in [0.15, 0.2) is 0 Å². The topological polar surface area (TPSA) is 24.4 Å². The zero-order chi connectivity index (χ0) is 10.7. The SMILES string of the molecule is CCCCC1C(=NCl)Nc2ccccc21. The van der Waals surface area contributed by atoms with Crippen LogP contribution in [-0.4, -0.2) is 5.84 Å². The first kappa shape index (κ1) is 10.5. The first-order chi connectivity index (χ1) is 7.36. The molecule has 0 aliphatic carbocycles. The molecule has 2 rings (SSSR count). The lowest BCUT2D eigenvalue weighted by molar-refractivity contribution is 0.691. The van der Waals surface area contributed by atoms with E-state index in [1.54, 1.807) is 0 Å². The number of para-hydroxylation sites is 1. The van der Waals surface area contributed by atoms with Crippen LogP contribution >= 0.6 is 11.8 Å². The number of halogens is 1. The molecule has 0 radical (unpaired) electrons. The van der Waals surface area contributed by atoms with E-state index < -0.39 is 0 Å². The number of amidine groups is 1. The third-order valence-electron chi connectivity index (χ3n) is 2.87. The molecule has 0 fully saturated rings. The first-order valence-electron chi connectivity index (χ1n) is 5.41. The van der Waals surface area contributed by atoms with Crippen LogP contribution in [0, 0.1) is 0 Å². The molecule has 0 saturated heterocycles. The summed E-state index contributed by atoms with van der Waals surface area (Å²) in [6, 6.07) is 8.32. The highest BCUT2D eigenvalue weighted by molar-refractivity contribution is 6.23. The number of hydrogen-bond donors (Lipinski definition) is 1. The largest absolute Gasteiger partial charge is 0.342 e. The summed E-state index contributed by atoms with van der Waals surface area (Å²) in [4.78, 5) is 0. The van der Waals surface area contributed by atoms with E-state index >= 15 is 0 Å². The van der Waals surface area contributed by atoms with E-state index in [1.165, 1.54) is 18.4 Å². The van der Waals surface area contributed by atoms with E-state index in [0.29, 0.717) is 5.92 Å². The number of rotatable bonds is 3. The Hall–Kier alpha value is -1.02. The maximum atomic E-state index is 5.60. The molecule has 0 bridgehead atoms. The van der Waals surface area contributed by atoms with E-state index in [1.807, 2.05) is 6.07 Å². The Morgan fingerprint density at radius 1 is 1.40 bits per heavy atom. The molecule has 1 aliphatic heterocycles. The van der Waals surface area contributed by atoms with Crippen LogP contribution in [0.4, 0.5) is 5.69 Å². The normalized spacial score (nSPS) is 21.5. The summed E-state index contributed by atoms with van der Waals surface area (Å²) in [5.41, 5.74) is 2.48. The summed E-state index contributed by atoms with van der Waals surface area (Å²) in [6.45, 7) is 2.20. The standard InChI is InChI=1S/C12H15ClN2/c1-2-3-6-10-9-7-4-5-8-11(9)14-12(10)15-13/h4-5,7-8,10H,2-3,6H2,1H3,(H,14,15). The molecule has 80 valence electrons. The van der Waals surface area contributed by atoms with E-state index in [0.717, 1.165) is 17.9 Å². The van der Waals surface area contributed by atoms with Gasteiger partial charge in [-0.05, 0) is 18.1 Å². The molecule has 1 aliphatic rings. The first-order valence-corrected chi connectivity index (χ1v) is 5.75. The lowest BCUT2D eigenvalue weighted by Crippen LogP contribution is -2.11. The van der Waals surface area contributed by atoms with Crippen molar-refractivity contribution in [3.8, 4) is 0 Å². The highest BCUT2D eigenvalue weighted by atomic mass is 35.5. The van der Waals surface area contributed by atoms with Crippen molar-refractivity contribution in [3.63, 3.8) is 0 Å². The lowest BCUT2D eigenvalue weighted by atomic mass is 9.95. The molecule has 3 heteroatoms. The van der Waals surface area contributed by atoms with Gasteiger partial charge in [-0.1, -0.05) is 38.0 Å². The number of unbranched alkanes of at least 4 members (excludes halogenated alkanes) is 1. The van der Waals surface area contributed by atoms with Gasteiger partial charge in [0.25, 0.3) is 0 Å². The average molecular weight is 223 g/mol. The molecule has 1 aromatic carbocycles. The zero-order valence-electron chi connectivity index (χ0n) is 8.83. The van der Waals surface area contributed by atoms with Crippen LogP contribution in [0.3, 0.4) is 0 Å². The van der Waals surface area contributed by atoms with Crippen LogP contribution in [0.25, 0.3) is 0 Å². The minimum atomic E-state index is 0.360. The fourth-order valence-electron chi connectivity index (χ4n) is 2.07. The van der Waals surface area contributed by atoms with Crippen LogP contribution in [0.1, 0.15) is 37.7 Å². The van der Waals surface area contributed by atoms with Gasteiger partial charge in [-0.15, -0.1) is 0 Å². The Bertz CT molecular complexity index is 374. The molecule has 1 aromatic rings. The number of nitrogens with one attached hydrogen (secondary N) is 1. The van der Waals surface area contributed by atoms with Gasteiger partial charge in [0.1, 0.15) is 5.84 Å². The summed E-state index contributed by atoms with van der Waals surface area (Å²) in [6.07, 6.45) is 3.52. The van der Waals surface area contributed by atoms with Gasteiger partial charge in [0.2, 0.25) is 0 Å². The van der Waals surface area contributed by atoms with Crippen molar-refractivity contribution in [2.45, 2.75) is 32.1 Å². The van der Waals surface area contributed by atoms with Gasteiger partial charge in [-0.25, -0.2) is 0 Å². The second kappa shape index (κ2) is 4.67. The number of fused-ring (bicyclic) bond motifs is 1. The maximum Gasteiger partial charge on any atom is 0.128 e. The molecule has 1 heterocycles. The molecular formula is C12H15ClN2. The van der Waals surface area contributed by atoms with Gasteiger partial charge < -0.3 is 5.32 Å². The molecule has 1 atom stereocenters. The fourth-order valence-corrected chi connectivity index (χ4v) is 2.23. The van der Waals surface area contributed by atoms with Gasteiger partial charge in [-0.3, -0.25) is 0 Å². The maximum absolute atomic E-state index is 5.60. The minimum absolute atomic E-state index is 0.360. The van der Waals surface area contributed by atoms with Crippen LogP contribution in [-0.2, 0) is 0 Å². The molecule has 0 aromatic heterocycles. The van der Waals surface area contributed by atoms with E-state index in [2.05, 4.69) is 35.0 Å². The number of anilines is 1. The zero-order valence-corrected chi connectivity index (χ0v) is 9.59. The van der Waals surface area contributed by atoms with Crippen molar-refractivity contribution in [2.24, 2.45) is 4.51 Å². The van der Waals surface area contributed by atoms with Gasteiger partial charge >= 0.3 is 0 Å². The van der Waals surface area contributed by atoms with Crippen LogP contribution < -0.4 is 5.32 Å². The quantitative estimate of drug-likeness (QED) is 0.823. The van der Waals surface area contributed by atoms with Crippen molar-refractivity contribution < 1.29 is 0 Å². The number of hydrogen-bond acceptors (Lipinski definition) is 1. The molecule has 0 spiro atoms. The second-order valence-corrected chi connectivity index (χ2v) is 4.05. The lowest BCUT2D eigenvalue weighted by Gasteiger charge is -2.09. The Morgan fingerprint density at radius 2 is 2.20 bits per heavy atom. The van der Waals surface area contributed by atoms with E-state index in [4.69, 9.17) is 11.8 Å². The molecule has 0 amide bonds. The molecule has 2 nitrogen and oxygen atoms in total. The Morgan fingerprint density at radius 3 is 2.93 bits per heavy atom. The third-order valence-corrected chi connectivity index (χ3v) is 3.05. The van der Waals surface area contributed by atoms with Crippen LogP contribution in [0.2, 0.25) is 0 Å². The Labute approximate surface area is 95.5 Å². The highest BCUT2D eigenvalue weighted by Crippen LogP contribution is 2.36. The van der Waals surface area contributed by atoms with Crippen molar-refractivity contribution in [2.75, 3.05) is 5.32 Å². The van der Waals surface area contributed by atoms with Gasteiger partial charge in [0, 0.05) is 23.4 Å². The number of nitrogens with zero attached hydrogens (tertiary/aromatic N) is 1. The molecule has 1 unspecified atom stereocenters. The van der Waals surface area contributed by atoms with Crippen molar-refractivity contribution in [1.29, 1.82) is 0 Å². The monoisotopic (exact) mass is 222 g/mol. The summed E-state index contributed by atoms with van der Waals surface area (Å²) >= 11 is 5.60. The van der Waals surface area contributed by atoms with E-state index in [9.17, 15) is 0 Å². The van der Waals surface area contributed by atoms with E-state index in [-0.39, 0.29) is 0 Å². The second-order valence-electron chi connectivity index (χ2n) is 3.88. The van der Waals surface area contributed by atoms with Crippen molar-refractivity contribution in [3.05, 3.63) is 29.8 Å². The summed E-state index contributed by atoms with van der Waals surface area (Å²) in [5, 5.41) is 3.26. The fraction of sp³-hybridized carbons (Fsp3) is 0.417. The summed E-state index contributed by atoms with van der Waals surface area (Å²) < 4.78 is 3.81. The Balaban J connectivity index is 2.26. The van der Waals surface area contributed by atoms with Crippen molar-refractivity contribution >= 4 is 23.3 Å². The molecular weight excluding hydrogens is 208 g/mol. The van der Waals surface area contributed by atoms with Gasteiger partial charge in [-0.2, -0.15) is 4.51 Å². The van der Waals surface area contributed by atoms with Crippen LogP contribution in [0.15, 0.2) is 28.8 Å². The predicted octanol–water partition coefficient (Wildman–Crippen LogP) is 3.94. The summed E-state index contributed by atoms with van der Waals surface area (Å²) in [7, 11) is 0. The molecule has 15 heavy (non-hydrogen) atoms. The average Bonchev–Trinajstić information content (AvgIpc) is 2.64. The Kier molecular flexibility index (Phi) is 3.27. The minimum Gasteiger partial charge on any atom is -0.342 e. The molecule has 0 saturated carbocycles. The molecule has 1 N–H and O–H groups in total. The van der Waals surface area contributed by atoms with Gasteiger partial charge in [0.05, 0.1) is 0 Å². The number of benzene rings is 1. The highest BCUT2D eigenvalue weighted by Gasteiger charge is 2.27. The third kappa shape index (κ3) is 2.00. The van der Waals surface area contributed by atoms with Crippen LogP contribution in [0.5, 0.6) is 0 Å². The summed E-state index contributed by atoms with van der Waals surface area (Å²) in [5.74, 6) is 1.25. The van der Waals surface area contributed by atoms with Crippen molar-refractivity contribution in [1.82, 2.24) is 0 Å².